The van der Waals surface area contributed by atoms with Crippen molar-refractivity contribution in [2.24, 2.45) is 0 Å². The van der Waals surface area contributed by atoms with Crippen LogP contribution in [0.5, 0.6) is 11.5 Å². The van der Waals surface area contributed by atoms with Gasteiger partial charge in [-0.05, 0) is 42.8 Å². The highest BCUT2D eigenvalue weighted by Crippen LogP contribution is 2.29. The number of carboxylic acid groups (broad SMARTS) is 1. The smallest absolute Gasteiger partial charge is 0.335 e. The lowest BCUT2D eigenvalue weighted by Gasteiger charge is -2.13. The Kier molecular flexibility index (Phi) is 5.71. The van der Waals surface area contributed by atoms with Gasteiger partial charge in [0.05, 0.1) is 30.0 Å². The Balaban J connectivity index is 2.16. The van der Waals surface area contributed by atoms with Crippen LogP contribution in [0.4, 0.5) is 5.69 Å². The second-order valence-electron chi connectivity index (χ2n) is 4.77. The first-order valence-electron chi connectivity index (χ1n) is 7.11. The summed E-state index contributed by atoms with van der Waals surface area (Å²) in [4.78, 5) is 11.0. The van der Waals surface area contributed by atoms with Gasteiger partial charge in [-0.25, -0.2) is 4.79 Å². The number of nitrogens with one attached hydrogen (secondary N) is 1. The first kappa shape index (κ1) is 17.0. The molecule has 0 aliphatic rings. The van der Waals surface area contributed by atoms with E-state index < -0.39 is 5.97 Å². The van der Waals surface area contributed by atoms with Crippen LogP contribution in [0.2, 0.25) is 5.02 Å². The molecule has 0 aliphatic heterocycles. The molecule has 5 nitrogen and oxygen atoms in total. The van der Waals surface area contributed by atoms with Crippen LogP contribution < -0.4 is 14.8 Å². The summed E-state index contributed by atoms with van der Waals surface area (Å²) in [7, 11) is 1.59. The third-order valence-electron chi connectivity index (χ3n) is 3.22. The molecule has 0 bridgehead atoms. The fraction of sp³-hybridized carbons (Fsp3) is 0.235. The number of halogens is 1. The van der Waals surface area contributed by atoms with Crippen LogP contribution in [0.1, 0.15) is 22.8 Å². The summed E-state index contributed by atoms with van der Waals surface area (Å²) in [6.07, 6.45) is 0. The zero-order valence-corrected chi connectivity index (χ0v) is 13.7. The van der Waals surface area contributed by atoms with Gasteiger partial charge in [0.2, 0.25) is 0 Å². The molecular weight excluding hydrogens is 318 g/mol. The van der Waals surface area contributed by atoms with Crippen LogP contribution in [-0.2, 0) is 6.54 Å². The lowest BCUT2D eigenvalue weighted by Crippen LogP contribution is -2.04. The van der Waals surface area contributed by atoms with Crippen LogP contribution in [0, 0.1) is 0 Å². The number of ether oxygens (including phenoxy) is 2. The fourth-order valence-corrected chi connectivity index (χ4v) is 2.27. The molecule has 23 heavy (non-hydrogen) atoms. The first-order valence-corrected chi connectivity index (χ1v) is 7.49. The summed E-state index contributed by atoms with van der Waals surface area (Å²) in [5.41, 5.74) is 1.72. The van der Waals surface area contributed by atoms with E-state index in [9.17, 15) is 4.79 Å². The van der Waals surface area contributed by atoms with Gasteiger partial charge >= 0.3 is 5.97 Å². The molecule has 0 unspecified atom stereocenters. The summed E-state index contributed by atoms with van der Waals surface area (Å²) in [5, 5.41) is 12.6. The van der Waals surface area contributed by atoms with Crippen LogP contribution in [0.15, 0.2) is 36.4 Å². The molecule has 0 aliphatic carbocycles. The molecule has 2 rings (SSSR count). The molecule has 0 spiro atoms. The molecule has 2 N–H and O–H groups in total. The van der Waals surface area contributed by atoms with E-state index in [1.165, 1.54) is 12.1 Å². The Bertz CT molecular complexity index is 703. The molecule has 0 radical (unpaired) electrons. The van der Waals surface area contributed by atoms with Crippen molar-refractivity contribution in [3.63, 3.8) is 0 Å². The average Bonchev–Trinajstić information content (AvgIpc) is 2.54. The third kappa shape index (κ3) is 4.29. The van der Waals surface area contributed by atoms with Crippen molar-refractivity contribution in [2.45, 2.75) is 13.5 Å². The van der Waals surface area contributed by atoms with Crippen molar-refractivity contribution in [3.05, 3.63) is 52.5 Å². The Morgan fingerprint density at radius 3 is 2.65 bits per heavy atom. The lowest BCUT2D eigenvalue weighted by molar-refractivity contribution is 0.0697. The molecule has 0 heterocycles. The van der Waals surface area contributed by atoms with Crippen LogP contribution in [-0.4, -0.2) is 24.8 Å². The van der Waals surface area contributed by atoms with Gasteiger partial charge in [-0.3, -0.25) is 0 Å². The highest BCUT2D eigenvalue weighted by molar-refractivity contribution is 6.33. The van der Waals surface area contributed by atoms with Gasteiger partial charge in [-0.2, -0.15) is 0 Å². The van der Waals surface area contributed by atoms with Crippen molar-refractivity contribution in [2.75, 3.05) is 19.0 Å². The second-order valence-corrected chi connectivity index (χ2v) is 5.18. The van der Waals surface area contributed by atoms with Crippen molar-refractivity contribution >= 4 is 23.3 Å². The maximum atomic E-state index is 11.0. The van der Waals surface area contributed by atoms with Crippen molar-refractivity contribution in [3.8, 4) is 11.5 Å². The lowest BCUT2D eigenvalue weighted by atomic mass is 10.1. The number of benzene rings is 2. The van der Waals surface area contributed by atoms with E-state index in [-0.39, 0.29) is 5.56 Å². The number of carboxylic acids is 1. The van der Waals surface area contributed by atoms with Gasteiger partial charge in [0.1, 0.15) is 0 Å². The van der Waals surface area contributed by atoms with Crippen molar-refractivity contribution in [1.82, 2.24) is 0 Å². The van der Waals surface area contributed by atoms with E-state index in [1.807, 2.05) is 25.1 Å². The maximum absolute atomic E-state index is 11.0. The molecule has 0 atom stereocenters. The number of aromatic carboxylic acids is 1. The Morgan fingerprint density at radius 1 is 1.22 bits per heavy atom. The predicted octanol–water partition coefficient (Wildman–Crippen LogP) is 4.06. The SMILES string of the molecule is CCOc1cc(CNc2cc(C(=O)O)ccc2Cl)ccc1OC. The van der Waals surface area contributed by atoms with Crippen LogP contribution in [0.25, 0.3) is 0 Å². The van der Waals surface area contributed by atoms with Gasteiger partial charge in [0, 0.05) is 6.54 Å². The van der Waals surface area contributed by atoms with Gasteiger partial charge in [0.15, 0.2) is 11.5 Å². The number of rotatable bonds is 7. The molecule has 2 aromatic carbocycles. The summed E-state index contributed by atoms with van der Waals surface area (Å²) in [5.74, 6) is 0.342. The van der Waals surface area contributed by atoms with Crippen LogP contribution in [0.3, 0.4) is 0 Å². The standard InChI is InChI=1S/C17H18ClNO4/c1-3-23-16-8-11(4-7-15(16)22-2)10-19-14-9-12(17(20)21)5-6-13(14)18/h4-9,19H,3,10H2,1-2H3,(H,20,21). The van der Waals surface area contributed by atoms with Crippen molar-refractivity contribution in [1.29, 1.82) is 0 Å². The fourth-order valence-electron chi connectivity index (χ4n) is 2.09. The normalized spacial score (nSPS) is 10.2. The predicted molar refractivity (Wildman–Crippen MR) is 89.9 cm³/mol. The first-order chi connectivity index (χ1) is 11.0. The Hall–Kier alpha value is -2.40. The number of anilines is 1. The second kappa shape index (κ2) is 7.74. The van der Waals surface area contributed by atoms with E-state index in [2.05, 4.69) is 5.32 Å². The topological polar surface area (TPSA) is 67.8 Å². The summed E-state index contributed by atoms with van der Waals surface area (Å²) in [6, 6.07) is 10.2. The zero-order chi connectivity index (χ0) is 16.8. The zero-order valence-electron chi connectivity index (χ0n) is 12.9. The number of carbonyl (C=O) groups is 1. The average molecular weight is 336 g/mol. The van der Waals surface area contributed by atoms with E-state index in [0.717, 1.165) is 5.56 Å². The minimum atomic E-state index is -0.993. The molecule has 0 fully saturated rings. The van der Waals surface area contributed by atoms with Gasteiger partial charge in [0.25, 0.3) is 0 Å². The summed E-state index contributed by atoms with van der Waals surface area (Å²) < 4.78 is 10.8. The molecule has 0 aromatic heterocycles. The van der Waals surface area contributed by atoms with Crippen LogP contribution >= 0.6 is 11.6 Å². The largest absolute Gasteiger partial charge is 0.493 e. The number of hydrogen-bond donors (Lipinski definition) is 2. The summed E-state index contributed by atoms with van der Waals surface area (Å²) in [6.45, 7) is 2.92. The minimum Gasteiger partial charge on any atom is -0.493 e. The third-order valence-corrected chi connectivity index (χ3v) is 3.55. The molecule has 2 aromatic rings. The number of hydrogen-bond acceptors (Lipinski definition) is 4. The molecule has 122 valence electrons. The Labute approximate surface area is 139 Å². The van der Waals surface area contributed by atoms with Gasteiger partial charge in [-0.1, -0.05) is 17.7 Å². The Morgan fingerprint density at radius 2 is 2.00 bits per heavy atom. The minimum absolute atomic E-state index is 0.182. The highest BCUT2D eigenvalue weighted by atomic mass is 35.5. The van der Waals surface area contributed by atoms with Gasteiger partial charge < -0.3 is 19.9 Å². The maximum Gasteiger partial charge on any atom is 0.335 e. The van der Waals surface area contributed by atoms with E-state index in [0.29, 0.717) is 35.4 Å². The quantitative estimate of drug-likeness (QED) is 0.798. The molecular formula is C17H18ClNO4. The molecule has 0 amide bonds. The van der Waals surface area contributed by atoms with Crippen molar-refractivity contribution < 1.29 is 19.4 Å². The van der Waals surface area contributed by atoms with E-state index in [4.69, 9.17) is 26.2 Å². The summed E-state index contributed by atoms with van der Waals surface area (Å²) >= 11 is 6.10. The molecule has 6 heteroatoms. The molecule has 0 saturated heterocycles. The van der Waals surface area contributed by atoms with E-state index in [1.54, 1.807) is 13.2 Å². The molecule has 0 saturated carbocycles. The monoisotopic (exact) mass is 335 g/mol. The number of methoxy groups -OCH3 is 1. The van der Waals surface area contributed by atoms with Gasteiger partial charge in [-0.15, -0.1) is 0 Å². The highest BCUT2D eigenvalue weighted by Gasteiger charge is 2.09. The van der Waals surface area contributed by atoms with E-state index >= 15 is 0 Å².